The molecule has 32 heavy (non-hydrogen) atoms. The Kier molecular flexibility index (Phi) is 7.28. The van der Waals surface area contributed by atoms with E-state index >= 15 is 0 Å². The van der Waals surface area contributed by atoms with Crippen LogP contribution in [0.5, 0.6) is 11.5 Å². The van der Waals surface area contributed by atoms with Gasteiger partial charge >= 0.3 is 12.1 Å². The van der Waals surface area contributed by atoms with Crippen LogP contribution in [-0.2, 0) is 27.1 Å². The zero-order valence-electron chi connectivity index (χ0n) is 19.3. The van der Waals surface area contributed by atoms with Gasteiger partial charge in [0.05, 0.1) is 20.8 Å². The molecule has 0 unspecified atom stereocenters. The molecular weight excluding hydrogens is 410 g/mol. The number of carbonyl (C=O) groups is 2. The first-order valence-corrected chi connectivity index (χ1v) is 10.7. The molecule has 1 aliphatic rings. The van der Waals surface area contributed by atoms with Crippen molar-refractivity contribution >= 4 is 12.1 Å². The van der Waals surface area contributed by atoms with Crippen molar-refractivity contribution in [2.45, 2.75) is 45.3 Å². The first kappa shape index (κ1) is 23.4. The number of ether oxygens (including phenoxy) is 4. The summed E-state index contributed by atoms with van der Waals surface area (Å²) >= 11 is 0. The van der Waals surface area contributed by atoms with Gasteiger partial charge in [-0.1, -0.05) is 18.2 Å². The molecule has 7 heteroatoms. The van der Waals surface area contributed by atoms with E-state index in [1.807, 2.05) is 42.5 Å². The van der Waals surface area contributed by atoms with Crippen LogP contribution in [0.4, 0.5) is 4.79 Å². The number of fused-ring (bicyclic) bond motifs is 1. The lowest BCUT2D eigenvalue weighted by atomic mass is 9.92. The van der Waals surface area contributed by atoms with Crippen molar-refractivity contribution in [3.63, 3.8) is 0 Å². The average molecular weight is 442 g/mol. The van der Waals surface area contributed by atoms with E-state index < -0.39 is 23.7 Å². The molecule has 0 saturated carbocycles. The Morgan fingerprint density at radius 1 is 1.06 bits per heavy atom. The number of carbonyl (C=O) groups excluding carboxylic acids is 2. The van der Waals surface area contributed by atoms with E-state index in [9.17, 15) is 9.59 Å². The molecule has 1 atom stereocenters. The van der Waals surface area contributed by atoms with E-state index in [1.165, 1.54) is 12.0 Å². The lowest BCUT2D eigenvalue weighted by molar-refractivity contribution is -0.147. The number of methoxy groups -OCH3 is 2. The Morgan fingerprint density at radius 3 is 2.53 bits per heavy atom. The first-order chi connectivity index (χ1) is 15.2. The molecule has 0 radical (unpaired) electrons. The number of hydrogen-bond donors (Lipinski definition) is 0. The molecule has 0 aromatic heterocycles. The van der Waals surface area contributed by atoms with E-state index in [1.54, 1.807) is 27.9 Å². The summed E-state index contributed by atoms with van der Waals surface area (Å²) in [4.78, 5) is 26.7. The van der Waals surface area contributed by atoms with Gasteiger partial charge in [0.1, 0.15) is 17.1 Å². The normalized spacial score (nSPS) is 15.5. The fourth-order valence-electron chi connectivity index (χ4n) is 3.69. The van der Waals surface area contributed by atoms with Gasteiger partial charge in [0.25, 0.3) is 0 Å². The van der Waals surface area contributed by atoms with Gasteiger partial charge in [-0.15, -0.1) is 0 Å². The lowest BCUT2D eigenvalue weighted by Gasteiger charge is -2.36. The van der Waals surface area contributed by atoms with Crippen LogP contribution in [0.15, 0.2) is 42.5 Å². The molecule has 1 amide bonds. The van der Waals surface area contributed by atoms with E-state index in [4.69, 9.17) is 18.9 Å². The maximum atomic E-state index is 12.7. The predicted octanol–water partition coefficient (Wildman–Crippen LogP) is 4.32. The van der Waals surface area contributed by atoms with E-state index in [-0.39, 0.29) is 0 Å². The largest absolute Gasteiger partial charge is 0.497 e. The Balaban J connectivity index is 1.73. The van der Waals surface area contributed by atoms with Crippen molar-refractivity contribution in [3.05, 3.63) is 59.2 Å². The number of rotatable bonds is 6. The number of amides is 1. The van der Waals surface area contributed by atoms with Crippen LogP contribution in [0.25, 0.3) is 0 Å². The fourth-order valence-corrected chi connectivity index (χ4v) is 3.69. The van der Waals surface area contributed by atoms with Crippen LogP contribution >= 0.6 is 0 Å². The second-order valence-corrected chi connectivity index (χ2v) is 8.66. The summed E-state index contributed by atoms with van der Waals surface area (Å²) in [5.74, 6) is 1.05. The molecule has 0 aliphatic carbocycles. The van der Waals surface area contributed by atoms with Gasteiger partial charge in [-0.2, -0.15) is 0 Å². The topological polar surface area (TPSA) is 74.3 Å². The SMILES string of the molecule is COC(=O)[C@H]1c2ccc(OCCc3cccc(OC)c3)cc2CCN1C(=O)OC(C)(C)C. The lowest BCUT2D eigenvalue weighted by Crippen LogP contribution is -2.46. The van der Waals surface area contributed by atoms with E-state index in [0.717, 1.165) is 34.6 Å². The smallest absolute Gasteiger partial charge is 0.411 e. The Bertz CT molecular complexity index is 965. The maximum absolute atomic E-state index is 12.7. The molecule has 2 aromatic rings. The van der Waals surface area contributed by atoms with Crippen LogP contribution in [0.2, 0.25) is 0 Å². The Hall–Kier alpha value is -3.22. The summed E-state index contributed by atoms with van der Waals surface area (Å²) in [7, 11) is 2.97. The van der Waals surface area contributed by atoms with Crippen LogP contribution in [0, 0.1) is 0 Å². The van der Waals surface area contributed by atoms with Crippen LogP contribution in [0.3, 0.4) is 0 Å². The van der Waals surface area contributed by atoms with Crippen molar-refractivity contribution in [2.75, 3.05) is 27.4 Å². The molecule has 3 rings (SSSR count). The number of hydrogen-bond acceptors (Lipinski definition) is 6. The van der Waals surface area contributed by atoms with Gasteiger partial charge in [0, 0.05) is 13.0 Å². The van der Waals surface area contributed by atoms with Gasteiger partial charge in [-0.05, 0) is 68.1 Å². The minimum atomic E-state index is -0.843. The highest BCUT2D eigenvalue weighted by molar-refractivity contribution is 5.84. The minimum Gasteiger partial charge on any atom is -0.497 e. The number of esters is 1. The molecule has 7 nitrogen and oxygen atoms in total. The predicted molar refractivity (Wildman–Crippen MR) is 120 cm³/mol. The molecule has 0 fully saturated rings. The molecular formula is C25H31NO6. The highest BCUT2D eigenvalue weighted by Crippen LogP contribution is 2.34. The third kappa shape index (κ3) is 5.72. The van der Waals surface area contributed by atoms with Crippen molar-refractivity contribution in [2.24, 2.45) is 0 Å². The summed E-state index contributed by atoms with van der Waals surface area (Å²) in [6.45, 7) is 6.26. The molecule has 1 aliphatic heterocycles. The van der Waals surface area contributed by atoms with Gasteiger partial charge in [0.15, 0.2) is 6.04 Å². The fraction of sp³-hybridized carbons (Fsp3) is 0.440. The monoisotopic (exact) mass is 441 g/mol. The van der Waals surface area contributed by atoms with Gasteiger partial charge in [0.2, 0.25) is 0 Å². The van der Waals surface area contributed by atoms with Gasteiger partial charge in [-0.25, -0.2) is 9.59 Å². The second-order valence-electron chi connectivity index (χ2n) is 8.66. The van der Waals surface area contributed by atoms with Gasteiger partial charge < -0.3 is 18.9 Å². The zero-order valence-corrected chi connectivity index (χ0v) is 19.3. The summed E-state index contributed by atoms with van der Waals surface area (Å²) in [6, 6.07) is 12.6. The van der Waals surface area contributed by atoms with Crippen LogP contribution < -0.4 is 9.47 Å². The maximum Gasteiger partial charge on any atom is 0.411 e. The van der Waals surface area contributed by atoms with Crippen LogP contribution in [-0.4, -0.2) is 49.9 Å². The minimum absolute atomic E-state index is 0.356. The third-order valence-corrected chi connectivity index (χ3v) is 5.19. The van der Waals surface area contributed by atoms with Crippen molar-refractivity contribution in [1.29, 1.82) is 0 Å². The van der Waals surface area contributed by atoms with E-state index in [0.29, 0.717) is 19.6 Å². The average Bonchev–Trinajstić information content (AvgIpc) is 2.76. The Labute approximate surface area is 189 Å². The molecule has 0 N–H and O–H groups in total. The van der Waals surface area contributed by atoms with Crippen molar-refractivity contribution < 1.29 is 28.5 Å². The molecule has 2 aromatic carbocycles. The van der Waals surface area contributed by atoms with E-state index in [2.05, 4.69) is 0 Å². The van der Waals surface area contributed by atoms with Crippen molar-refractivity contribution in [3.8, 4) is 11.5 Å². The molecule has 0 saturated heterocycles. The molecule has 0 bridgehead atoms. The summed E-state index contributed by atoms with van der Waals surface area (Å²) in [5.41, 5.74) is 2.16. The zero-order chi connectivity index (χ0) is 23.3. The number of benzene rings is 2. The molecule has 1 heterocycles. The summed E-state index contributed by atoms with van der Waals surface area (Å²) in [6.07, 6.45) is 0.804. The standard InChI is InChI=1S/C25H31NO6/c1-25(2,3)32-24(28)26-13-11-18-16-20(9-10-21(18)22(26)23(27)30-5)31-14-12-17-7-6-8-19(15-17)29-4/h6-10,15-16,22H,11-14H2,1-5H3/t22-/m1/s1. The summed E-state index contributed by atoms with van der Waals surface area (Å²) < 4.78 is 21.7. The second kappa shape index (κ2) is 9.94. The quantitative estimate of drug-likeness (QED) is 0.622. The van der Waals surface area contributed by atoms with Gasteiger partial charge in [-0.3, -0.25) is 4.90 Å². The highest BCUT2D eigenvalue weighted by Gasteiger charge is 2.39. The number of nitrogens with zero attached hydrogens (tertiary/aromatic N) is 1. The molecule has 172 valence electrons. The summed E-state index contributed by atoms with van der Waals surface area (Å²) in [5, 5.41) is 0. The first-order valence-electron chi connectivity index (χ1n) is 10.7. The Morgan fingerprint density at radius 2 is 1.84 bits per heavy atom. The molecule has 0 spiro atoms. The highest BCUT2D eigenvalue weighted by atomic mass is 16.6. The third-order valence-electron chi connectivity index (χ3n) is 5.19. The van der Waals surface area contributed by atoms with Crippen molar-refractivity contribution in [1.82, 2.24) is 4.90 Å². The van der Waals surface area contributed by atoms with Crippen LogP contribution in [0.1, 0.15) is 43.5 Å².